The highest BCUT2D eigenvalue weighted by atomic mass is 16.5. The molecule has 11 heteroatoms. The van der Waals surface area contributed by atoms with Gasteiger partial charge in [0.25, 0.3) is 0 Å². The summed E-state index contributed by atoms with van der Waals surface area (Å²) in [6, 6.07) is 11.0. The van der Waals surface area contributed by atoms with Gasteiger partial charge >= 0.3 is 0 Å². The van der Waals surface area contributed by atoms with E-state index in [1.807, 2.05) is 38.4 Å². The van der Waals surface area contributed by atoms with E-state index in [9.17, 15) is 0 Å². The minimum atomic E-state index is 0.193. The quantitative estimate of drug-likeness (QED) is 0.335. The van der Waals surface area contributed by atoms with Crippen molar-refractivity contribution in [2.24, 2.45) is 0 Å². The van der Waals surface area contributed by atoms with E-state index in [-0.39, 0.29) is 5.95 Å². The van der Waals surface area contributed by atoms with Gasteiger partial charge < -0.3 is 31.7 Å². The lowest BCUT2D eigenvalue weighted by atomic mass is 10.3. The Morgan fingerprint density at radius 3 is 2.42 bits per heavy atom. The summed E-state index contributed by atoms with van der Waals surface area (Å²) >= 11 is 0. The van der Waals surface area contributed by atoms with E-state index >= 15 is 0 Å². The van der Waals surface area contributed by atoms with Crippen LogP contribution in [0.3, 0.4) is 0 Å². The molecule has 0 aliphatic heterocycles. The van der Waals surface area contributed by atoms with Crippen LogP contribution in [0.5, 0.6) is 11.5 Å². The van der Waals surface area contributed by atoms with Crippen LogP contribution in [0.25, 0.3) is 5.65 Å². The van der Waals surface area contributed by atoms with Crippen molar-refractivity contribution in [1.82, 2.24) is 29.5 Å². The van der Waals surface area contributed by atoms with Crippen molar-refractivity contribution in [3.63, 3.8) is 0 Å². The number of nitrogens with zero attached hydrogens (tertiary/aromatic N) is 6. The van der Waals surface area contributed by atoms with Crippen LogP contribution in [0.2, 0.25) is 0 Å². The number of anilines is 5. The van der Waals surface area contributed by atoms with Crippen LogP contribution in [0.1, 0.15) is 0 Å². The molecule has 0 amide bonds. The highest BCUT2D eigenvalue weighted by Gasteiger charge is 2.15. The molecule has 11 nitrogen and oxygen atoms in total. The molecule has 4 aromatic rings. The van der Waals surface area contributed by atoms with E-state index in [0.29, 0.717) is 41.1 Å². The minimum absolute atomic E-state index is 0.193. The average Bonchev–Trinajstić information content (AvgIpc) is 3.06. The summed E-state index contributed by atoms with van der Waals surface area (Å²) < 4.78 is 7.19. The van der Waals surface area contributed by atoms with E-state index < -0.39 is 0 Å². The number of hydrogen-bond donors (Lipinski definition) is 4. The van der Waals surface area contributed by atoms with E-state index in [4.69, 9.17) is 16.2 Å². The van der Waals surface area contributed by atoms with Crippen LogP contribution in [0.4, 0.5) is 29.1 Å². The SMILES string of the molecule is CN(C)CCNc1nc(N)n2nc(Nc3ccc(Oc4ccncc4)cc3)c(N)c2n1. The molecule has 4 rings (SSSR count). The molecule has 0 saturated carbocycles. The van der Waals surface area contributed by atoms with Gasteiger partial charge in [-0.2, -0.15) is 14.5 Å². The minimum Gasteiger partial charge on any atom is -0.457 e. The maximum atomic E-state index is 6.28. The van der Waals surface area contributed by atoms with Crippen molar-refractivity contribution in [1.29, 1.82) is 0 Å². The van der Waals surface area contributed by atoms with E-state index in [0.717, 1.165) is 12.2 Å². The summed E-state index contributed by atoms with van der Waals surface area (Å²) in [5, 5.41) is 10.7. The molecule has 0 fully saturated rings. The lowest BCUT2D eigenvalue weighted by molar-refractivity contribution is 0.425. The molecule has 0 saturated heterocycles. The second kappa shape index (κ2) is 8.71. The van der Waals surface area contributed by atoms with Gasteiger partial charge in [-0.3, -0.25) is 4.98 Å². The van der Waals surface area contributed by atoms with Crippen molar-refractivity contribution >= 4 is 34.7 Å². The molecule has 6 N–H and O–H groups in total. The number of nitrogen functional groups attached to an aromatic ring is 2. The second-order valence-corrected chi connectivity index (χ2v) is 7.07. The van der Waals surface area contributed by atoms with Gasteiger partial charge in [-0.05, 0) is 50.5 Å². The summed E-state index contributed by atoms with van der Waals surface area (Å²) in [5.41, 5.74) is 13.9. The fourth-order valence-electron chi connectivity index (χ4n) is 2.82. The van der Waals surface area contributed by atoms with Gasteiger partial charge in [-0.1, -0.05) is 0 Å². The molecule has 0 spiro atoms. The van der Waals surface area contributed by atoms with Crippen LogP contribution in [0.15, 0.2) is 48.8 Å². The molecular weight excluding hydrogens is 396 g/mol. The molecule has 0 unspecified atom stereocenters. The second-order valence-electron chi connectivity index (χ2n) is 7.07. The van der Waals surface area contributed by atoms with Crippen LogP contribution in [0, 0.1) is 0 Å². The number of ether oxygens (including phenoxy) is 1. The van der Waals surface area contributed by atoms with E-state index in [2.05, 4.69) is 35.6 Å². The summed E-state index contributed by atoms with van der Waals surface area (Å²) in [4.78, 5) is 14.7. The topological polar surface area (TPSA) is 145 Å². The number of hydrogen-bond acceptors (Lipinski definition) is 10. The Bertz CT molecular complexity index is 1160. The smallest absolute Gasteiger partial charge is 0.228 e. The number of aromatic nitrogens is 5. The molecule has 160 valence electrons. The first-order chi connectivity index (χ1) is 15.0. The van der Waals surface area contributed by atoms with Gasteiger partial charge in [-0.15, -0.1) is 5.10 Å². The highest BCUT2D eigenvalue weighted by molar-refractivity contribution is 5.82. The maximum absolute atomic E-state index is 6.28. The number of likely N-dealkylation sites (N-methyl/N-ethyl adjacent to an activating group) is 1. The van der Waals surface area contributed by atoms with Crippen LogP contribution < -0.4 is 26.8 Å². The average molecular weight is 420 g/mol. The molecule has 0 aliphatic rings. The zero-order chi connectivity index (χ0) is 21.8. The first-order valence-corrected chi connectivity index (χ1v) is 9.65. The van der Waals surface area contributed by atoms with Crippen molar-refractivity contribution < 1.29 is 4.74 Å². The Kier molecular flexibility index (Phi) is 5.67. The zero-order valence-corrected chi connectivity index (χ0v) is 17.3. The van der Waals surface area contributed by atoms with Crippen LogP contribution in [-0.2, 0) is 0 Å². The van der Waals surface area contributed by atoms with Gasteiger partial charge in [0, 0.05) is 31.2 Å². The zero-order valence-electron chi connectivity index (χ0n) is 17.3. The monoisotopic (exact) mass is 420 g/mol. The van der Waals surface area contributed by atoms with E-state index in [1.54, 1.807) is 24.5 Å². The third-order valence-electron chi connectivity index (χ3n) is 4.39. The third kappa shape index (κ3) is 4.73. The number of pyridine rings is 1. The summed E-state index contributed by atoms with van der Waals surface area (Å²) in [6.45, 7) is 1.51. The Labute approximate surface area is 179 Å². The molecule has 3 heterocycles. The number of rotatable bonds is 8. The van der Waals surface area contributed by atoms with Crippen molar-refractivity contribution in [2.45, 2.75) is 0 Å². The largest absolute Gasteiger partial charge is 0.457 e. The summed E-state index contributed by atoms with van der Waals surface area (Å²) in [6.07, 6.45) is 3.35. The fraction of sp³-hybridized carbons (Fsp3) is 0.200. The number of benzene rings is 1. The summed E-state index contributed by atoms with van der Waals surface area (Å²) in [5.74, 6) is 2.45. The van der Waals surface area contributed by atoms with Crippen molar-refractivity contribution in [2.75, 3.05) is 49.3 Å². The molecule has 0 atom stereocenters. The molecular formula is C20H24N10O. The number of nitrogens with two attached hydrogens (primary N) is 2. The first kappa shape index (κ1) is 20.2. The number of fused-ring (bicyclic) bond motifs is 1. The predicted molar refractivity (Wildman–Crippen MR) is 121 cm³/mol. The first-order valence-electron chi connectivity index (χ1n) is 9.65. The molecule has 3 aromatic heterocycles. The Balaban J connectivity index is 1.50. The van der Waals surface area contributed by atoms with Crippen molar-refractivity contribution in [3.05, 3.63) is 48.8 Å². The Hall–Kier alpha value is -4.12. The molecule has 0 radical (unpaired) electrons. The number of nitrogens with one attached hydrogen (secondary N) is 2. The van der Waals surface area contributed by atoms with Gasteiger partial charge in [0.05, 0.1) is 0 Å². The summed E-state index contributed by atoms with van der Waals surface area (Å²) in [7, 11) is 3.98. The molecule has 31 heavy (non-hydrogen) atoms. The standard InChI is InChI=1S/C20H24N10O/c1-29(2)12-11-24-20-26-18-16(21)17(28-30(18)19(22)27-20)25-13-3-5-14(6-4-13)31-15-7-9-23-10-8-15/h3-10H,11-12,21H2,1-2H3,(H,25,28)(H3,22,24,26,27). The van der Waals surface area contributed by atoms with Crippen LogP contribution >= 0.6 is 0 Å². The van der Waals surface area contributed by atoms with Crippen LogP contribution in [-0.4, -0.2) is 56.7 Å². The predicted octanol–water partition coefficient (Wildman–Crippen LogP) is 2.19. The Morgan fingerprint density at radius 1 is 1.00 bits per heavy atom. The van der Waals surface area contributed by atoms with Gasteiger partial charge in [0.15, 0.2) is 11.5 Å². The lowest BCUT2D eigenvalue weighted by Crippen LogP contribution is -2.22. The van der Waals surface area contributed by atoms with Gasteiger partial charge in [-0.25, -0.2) is 0 Å². The molecule has 0 bridgehead atoms. The van der Waals surface area contributed by atoms with E-state index in [1.165, 1.54) is 4.52 Å². The van der Waals surface area contributed by atoms with Crippen molar-refractivity contribution in [3.8, 4) is 11.5 Å². The molecule has 0 aliphatic carbocycles. The normalized spacial score (nSPS) is 11.1. The van der Waals surface area contributed by atoms with Gasteiger partial charge in [0.2, 0.25) is 11.9 Å². The highest BCUT2D eigenvalue weighted by Crippen LogP contribution is 2.28. The third-order valence-corrected chi connectivity index (χ3v) is 4.39. The Morgan fingerprint density at radius 2 is 1.71 bits per heavy atom. The lowest BCUT2D eigenvalue weighted by Gasteiger charge is -2.10. The maximum Gasteiger partial charge on any atom is 0.228 e. The van der Waals surface area contributed by atoms with Gasteiger partial charge in [0.1, 0.15) is 17.2 Å². The molecule has 1 aromatic carbocycles. The fourth-order valence-corrected chi connectivity index (χ4v) is 2.82.